The van der Waals surface area contributed by atoms with Crippen LogP contribution >= 0.6 is 0 Å². The molecule has 0 aliphatic heterocycles. The molecule has 0 spiro atoms. The second kappa shape index (κ2) is 4.52. The number of anilines is 1. The number of rotatable bonds is 3. The largest absolute Gasteiger partial charge is 0.481 e. The third-order valence-corrected chi connectivity index (χ3v) is 2.67. The van der Waals surface area contributed by atoms with Gasteiger partial charge in [-0.2, -0.15) is 0 Å². The third-order valence-electron chi connectivity index (χ3n) is 2.67. The van der Waals surface area contributed by atoms with Crippen molar-refractivity contribution < 1.29 is 14.3 Å². The number of hydrogen-bond donors (Lipinski definition) is 1. The molecule has 18 heavy (non-hydrogen) atoms. The minimum Gasteiger partial charge on any atom is -0.481 e. The summed E-state index contributed by atoms with van der Waals surface area (Å²) in [5.41, 5.74) is 0.662. The Morgan fingerprint density at radius 3 is 2.61 bits per heavy atom. The molecule has 1 N–H and O–H groups in total. The molecule has 5 nitrogen and oxygen atoms in total. The molecule has 5 heteroatoms. The van der Waals surface area contributed by atoms with Crippen LogP contribution in [-0.4, -0.2) is 25.2 Å². The van der Waals surface area contributed by atoms with E-state index in [9.17, 15) is 9.59 Å². The van der Waals surface area contributed by atoms with Crippen molar-refractivity contribution in [3.8, 4) is 0 Å². The number of para-hydroxylation sites is 1. The zero-order valence-corrected chi connectivity index (χ0v) is 10.1. The maximum Gasteiger partial charge on any atom is 0.360 e. The van der Waals surface area contributed by atoms with Crippen LogP contribution in [0, 0.1) is 0 Å². The smallest absolute Gasteiger partial charge is 0.360 e. The van der Waals surface area contributed by atoms with E-state index in [-0.39, 0.29) is 12.1 Å². The molecule has 0 fully saturated rings. The molecule has 2 rings (SSSR count). The zero-order valence-electron chi connectivity index (χ0n) is 10.1. The van der Waals surface area contributed by atoms with Crippen molar-refractivity contribution in [2.75, 3.05) is 19.0 Å². The van der Waals surface area contributed by atoms with Crippen molar-refractivity contribution in [3.63, 3.8) is 0 Å². The highest BCUT2D eigenvalue weighted by molar-refractivity contribution is 5.89. The first-order valence-electron chi connectivity index (χ1n) is 5.44. The van der Waals surface area contributed by atoms with Crippen LogP contribution in [0.4, 0.5) is 5.69 Å². The highest BCUT2D eigenvalue weighted by atomic mass is 16.4. The molecule has 1 heterocycles. The maximum absolute atomic E-state index is 11.9. The third kappa shape index (κ3) is 2.07. The molecule has 0 unspecified atom stereocenters. The summed E-state index contributed by atoms with van der Waals surface area (Å²) in [5.74, 6) is -0.978. The Morgan fingerprint density at radius 2 is 2.00 bits per heavy atom. The van der Waals surface area contributed by atoms with Crippen LogP contribution in [0.25, 0.3) is 11.0 Å². The summed E-state index contributed by atoms with van der Waals surface area (Å²) in [7, 11) is 3.37. The summed E-state index contributed by atoms with van der Waals surface area (Å²) in [5, 5.41) is 9.63. The van der Waals surface area contributed by atoms with Gasteiger partial charge in [0, 0.05) is 25.0 Å². The zero-order chi connectivity index (χ0) is 13.3. The predicted molar refractivity (Wildman–Crippen MR) is 68.2 cm³/mol. The average Bonchev–Trinajstić information content (AvgIpc) is 2.27. The Labute approximate surface area is 103 Å². The van der Waals surface area contributed by atoms with Crippen molar-refractivity contribution >= 4 is 22.6 Å². The number of benzene rings is 1. The van der Waals surface area contributed by atoms with Crippen LogP contribution in [0.5, 0.6) is 0 Å². The molecule has 0 aliphatic carbocycles. The van der Waals surface area contributed by atoms with Crippen molar-refractivity contribution in [1.82, 2.24) is 0 Å². The molecule has 2 aromatic rings. The molecule has 0 radical (unpaired) electrons. The first-order valence-corrected chi connectivity index (χ1v) is 5.44. The second-order valence-electron chi connectivity index (χ2n) is 4.18. The van der Waals surface area contributed by atoms with Gasteiger partial charge in [0.05, 0.1) is 6.42 Å². The van der Waals surface area contributed by atoms with Gasteiger partial charge in [-0.3, -0.25) is 4.79 Å². The van der Waals surface area contributed by atoms with Gasteiger partial charge in [0.2, 0.25) is 0 Å². The minimum absolute atomic E-state index is 0.209. The fraction of sp³-hybridized carbons (Fsp3) is 0.231. The molecule has 94 valence electrons. The van der Waals surface area contributed by atoms with Crippen LogP contribution in [0.15, 0.2) is 33.5 Å². The molecule has 0 saturated heterocycles. The molecule has 0 atom stereocenters. The molecule has 1 aromatic heterocycles. The standard InChI is InChI=1S/C13H13NO4/c1-14(2)12-9(7-11(15)16)8-5-3-4-6-10(8)18-13(12)17/h3-6H,7H2,1-2H3,(H,15,16). The fourth-order valence-electron chi connectivity index (χ4n) is 1.99. The van der Waals surface area contributed by atoms with Crippen LogP contribution in [-0.2, 0) is 11.2 Å². The Balaban J connectivity index is 2.84. The fourth-order valence-corrected chi connectivity index (χ4v) is 1.99. The van der Waals surface area contributed by atoms with Gasteiger partial charge < -0.3 is 14.4 Å². The number of fused-ring (bicyclic) bond motifs is 1. The summed E-state index contributed by atoms with van der Waals surface area (Å²) in [4.78, 5) is 24.4. The van der Waals surface area contributed by atoms with E-state index >= 15 is 0 Å². The van der Waals surface area contributed by atoms with Crippen molar-refractivity contribution in [1.29, 1.82) is 0 Å². The van der Waals surface area contributed by atoms with E-state index < -0.39 is 11.6 Å². The van der Waals surface area contributed by atoms with Gasteiger partial charge in [-0.1, -0.05) is 18.2 Å². The lowest BCUT2D eigenvalue weighted by molar-refractivity contribution is -0.136. The minimum atomic E-state index is -0.978. The van der Waals surface area contributed by atoms with Crippen LogP contribution in [0.2, 0.25) is 0 Å². The van der Waals surface area contributed by atoms with Gasteiger partial charge in [-0.15, -0.1) is 0 Å². The Kier molecular flexibility index (Phi) is 3.06. The van der Waals surface area contributed by atoms with E-state index in [1.54, 1.807) is 43.3 Å². The quantitative estimate of drug-likeness (QED) is 0.832. The average molecular weight is 247 g/mol. The monoisotopic (exact) mass is 247 g/mol. The molecular weight excluding hydrogens is 234 g/mol. The predicted octanol–water partition coefficient (Wildman–Crippen LogP) is 1.49. The van der Waals surface area contributed by atoms with E-state index in [1.807, 2.05) is 0 Å². The number of aliphatic carboxylic acids is 1. The molecule has 0 amide bonds. The first-order chi connectivity index (χ1) is 8.50. The summed E-state index contributed by atoms with van der Waals surface area (Å²) < 4.78 is 5.19. The SMILES string of the molecule is CN(C)c1c(CC(=O)O)c2ccccc2oc1=O. The van der Waals surface area contributed by atoms with Gasteiger partial charge in [-0.05, 0) is 6.07 Å². The normalized spacial score (nSPS) is 10.6. The van der Waals surface area contributed by atoms with E-state index in [1.165, 1.54) is 0 Å². The van der Waals surface area contributed by atoms with Crippen LogP contribution in [0.3, 0.4) is 0 Å². The molecule has 0 saturated carbocycles. The van der Waals surface area contributed by atoms with E-state index in [0.29, 0.717) is 16.5 Å². The van der Waals surface area contributed by atoms with Crippen molar-refractivity contribution in [3.05, 3.63) is 40.2 Å². The number of carboxylic acids is 1. The van der Waals surface area contributed by atoms with Gasteiger partial charge in [0.25, 0.3) is 0 Å². The topological polar surface area (TPSA) is 70.8 Å². The molecule has 1 aromatic carbocycles. The first kappa shape index (κ1) is 12.2. The van der Waals surface area contributed by atoms with Gasteiger partial charge >= 0.3 is 11.6 Å². The number of carbonyl (C=O) groups is 1. The Morgan fingerprint density at radius 1 is 1.33 bits per heavy atom. The van der Waals surface area contributed by atoms with Crippen molar-refractivity contribution in [2.45, 2.75) is 6.42 Å². The number of carboxylic acid groups (broad SMARTS) is 1. The molecule has 0 aliphatic rings. The van der Waals surface area contributed by atoms with Gasteiger partial charge in [0.15, 0.2) is 0 Å². The van der Waals surface area contributed by atoms with E-state index in [0.717, 1.165) is 0 Å². The summed E-state index contributed by atoms with van der Waals surface area (Å²) in [6.07, 6.45) is -0.209. The van der Waals surface area contributed by atoms with Crippen LogP contribution < -0.4 is 10.5 Å². The summed E-state index contributed by atoms with van der Waals surface area (Å²) in [6, 6.07) is 6.93. The molecular formula is C13H13NO4. The highest BCUT2D eigenvalue weighted by Gasteiger charge is 2.18. The number of hydrogen-bond acceptors (Lipinski definition) is 4. The van der Waals surface area contributed by atoms with E-state index in [4.69, 9.17) is 9.52 Å². The summed E-state index contributed by atoms with van der Waals surface area (Å²) in [6.45, 7) is 0. The second-order valence-corrected chi connectivity index (χ2v) is 4.18. The van der Waals surface area contributed by atoms with Crippen molar-refractivity contribution in [2.24, 2.45) is 0 Å². The Bertz CT molecular complexity index is 658. The van der Waals surface area contributed by atoms with E-state index in [2.05, 4.69) is 0 Å². The number of nitrogens with zero attached hydrogens (tertiary/aromatic N) is 1. The summed E-state index contributed by atoms with van der Waals surface area (Å²) >= 11 is 0. The van der Waals surface area contributed by atoms with Gasteiger partial charge in [-0.25, -0.2) is 4.79 Å². The lowest BCUT2D eigenvalue weighted by Gasteiger charge is -2.16. The highest BCUT2D eigenvalue weighted by Crippen LogP contribution is 2.25. The lowest BCUT2D eigenvalue weighted by Crippen LogP contribution is -2.22. The Hall–Kier alpha value is -2.30. The van der Waals surface area contributed by atoms with Gasteiger partial charge in [0.1, 0.15) is 11.3 Å². The lowest BCUT2D eigenvalue weighted by atomic mass is 10.0. The maximum atomic E-state index is 11.9. The van der Waals surface area contributed by atoms with Crippen LogP contribution in [0.1, 0.15) is 5.56 Å². The molecule has 0 bridgehead atoms.